The zero-order valence-corrected chi connectivity index (χ0v) is 24.3. The van der Waals surface area contributed by atoms with Crippen molar-refractivity contribution in [3.8, 4) is 16.2 Å². The molecule has 1 fully saturated rings. The number of carboxylic acids is 1. The van der Waals surface area contributed by atoms with E-state index in [0.29, 0.717) is 23.5 Å². The van der Waals surface area contributed by atoms with Crippen molar-refractivity contribution in [2.24, 2.45) is 5.92 Å². The first-order valence-corrected chi connectivity index (χ1v) is 14.3. The number of thiophene rings is 1. The monoisotopic (exact) mass is 630 g/mol. The number of likely N-dealkylation sites (tertiary alicyclic amines) is 1. The summed E-state index contributed by atoms with van der Waals surface area (Å²) in [7, 11) is 0. The Morgan fingerprint density at radius 3 is 2.40 bits per heavy atom. The Hall–Kier alpha value is -3.58. The third kappa shape index (κ3) is 10.9. The summed E-state index contributed by atoms with van der Waals surface area (Å²) >= 11 is 1.44. The lowest BCUT2D eigenvalue weighted by Gasteiger charge is -2.33. The minimum absolute atomic E-state index is 0.0886. The Labute approximate surface area is 249 Å². The molecule has 3 aromatic rings. The molecule has 1 aromatic heterocycles. The molecule has 234 valence electrons. The van der Waals surface area contributed by atoms with Gasteiger partial charge in [0.2, 0.25) is 0 Å². The number of hydrogen-bond donors (Lipinski definition) is 2. The van der Waals surface area contributed by atoms with Gasteiger partial charge in [0.05, 0.1) is 16.5 Å². The van der Waals surface area contributed by atoms with Crippen LogP contribution in [-0.4, -0.2) is 53.8 Å². The topological polar surface area (TPSA) is 78.9 Å². The fourth-order valence-electron chi connectivity index (χ4n) is 4.50. The van der Waals surface area contributed by atoms with E-state index in [1.165, 1.54) is 23.5 Å². The van der Waals surface area contributed by atoms with Gasteiger partial charge in [0, 0.05) is 24.5 Å². The molecule has 0 radical (unpaired) electrons. The number of carbonyl (C=O) groups excluding carboxylic acids is 1. The van der Waals surface area contributed by atoms with Crippen molar-refractivity contribution >= 4 is 23.2 Å². The van der Waals surface area contributed by atoms with E-state index < -0.39 is 23.9 Å². The van der Waals surface area contributed by atoms with Gasteiger partial charge in [-0.15, -0.1) is 11.3 Å². The third-order valence-corrected chi connectivity index (χ3v) is 7.51. The normalized spacial score (nSPS) is 15.9. The average molecular weight is 631 g/mol. The predicted octanol–water partition coefficient (Wildman–Crippen LogP) is 7.50. The van der Waals surface area contributed by atoms with E-state index in [1.807, 2.05) is 50.2 Å². The van der Waals surface area contributed by atoms with Crippen LogP contribution in [0, 0.1) is 5.92 Å². The summed E-state index contributed by atoms with van der Waals surface area (Å²) in [5.41, 5.74) is 1.05. The first-order valence-electron chi connectivity index (χ1n) is 13.5. The van der Waals surface area contributed by atoms with E-state index in [1.54, 1.807) is 6.07 Å². The predicted molar refractivity (Wildman–Crippen MR) is 151 cm³/mol. The van der Waals surface area contributed by atoms with Crippen LogP contribution in [0.2, 0.25) is 0 Å². The van der Waals surface area contributed by atoms with E-state index in [9.17, 15) is 31.1 Å². The van der Waals surface area contributed by atoms with Crippen LogP contribution in [-0.2, 0) is 17.5 Å². The molecule has 1 aliphatic rings. The smallest absolute Gasteiger partial charge is 0.490 e. The van der Waals surface area contributed by atoms with Gasteiger partial charge >= 0.3 is 18.3 Å². The Kier molecular flexibility index (Phi) is 11.6. The largest absolute Gasteiger partial charge is 0.491 e. The molecule has 0 aliphatic carbocycles. The van der Waals surface area contributed by atoms with Crippen molar-refractivity contribution in [1.82, 2.24) is 10.2 Å². The number of carboxylic acid groups (broad SMARTS) is 1. The number of halogens is 6. The zero-order valence-electron chi connectivity index (χ0n) is 23.5. The van der Waals surface area contributed by atoms with Crippen LogP contribution in [0.4, 0.5) is 26.3 Å². The molecule has 43 heavy (non-hydrogen) atoms. The maximum absolute atomic E-state index is 13.0. The molecule has 0 saturated carbocycles. The number of carbonyl (C=O) groups is 2. The highest BCUT2D eigenvalue weighted by atomic mass is 32.1. The van der Waals surface area contributed by atoms with Gasteiger partial charge in [-0.2, -0.15) is 26.3 Å². The summed E-state index contributed by atoms with van der Waals surface area (Å²) < 4.78 is 76.6. The van der Waals surface area contributed by atoms with Crippen molar-refractivity contribution in [3.05, 3.63) is 76.7 Å². The van der Waals surface area contributed by atoms with E-state index in [4.69, 9.17) is 14.6 Å². The second kappa shape index (κ2) is 14.7. The highest BCUT2D eigenvalue weighted by Gasteiger charge is 2.38. The van der Waals surface area contributed by atoms with Crippen LogP contribution in [0.3, 0.4) is 0 Å². The second-order valence-corrected chi connectivity index (χ2v) is 11.4. The van der Waals surface area contributed by atoms with Gasteiger partial charge in [0.1, 0.15) is 5.75 Å². The molecule has 1 amide bonds. The quantitative estimate of drug-likeness (QED) is 0.252. The van der Waals surface area contributed by atoms with E-state index >= 15 is 0 Å². The summed E-state index contributed by atoms with van der Waals surface area (Å²) in [4.78, 5) is 25.5. The molecule has 4 rings (SSSR count). The van der Waals surface area contributed by atoms with Gasteiger partial charge in [-0.05, 0) is 80.6 Å². The van der Waals surface area contributed by atoms with Crippen LogP contribution < -0.4 is 10.1 Å². The maximum atomic E-state index is 13.0. The molecular formula is C30H32F6N2O4S. The van der Waals surface area contributed by atoms with E-state index in [0.717, 1.165) is 48.2 Å². The van der Waals surface area contributed by atoms with Gasteiger partial charge in [0.15, 0.2) is 0 Å². The van der Waals surface area contributed by atoms with Crippen molar-refractivity contribution in [2.75, 3.05) is 19.6 Å². The number of alkyl halides is 6. The van der Waals surface area contributed by atoms with Crippen LogP contribution in [0.15, 0.2) is 60.7 Å². The number of nitrogens with zero attached hydrogens (tertiary/aromatic N) is 1. The minimum atomic E-state index is -5.08. The maximum Gasteiger partial charge on any atom is 0.490 e. The van der Waals surface area contributed by atoms with Crippen molar-refractivity contribution < 1.29 is 45.8 Å². The van der Waals surface area contributed by atoms with Gasteiger partial charge < -0.3 is 15.2 Å². The van der Waals surface area contributed by atoms with Crippen LogP contribution >= 0.6 is 11.3 Å². The van der Waals surface area contributed by atoms with E-state index in [-0.39, 0.29) is 17.9 Å². The van der Waals surface area contributed by atoms with Gasteiger partial charge in [0.25, 0.3) is 5.91 Å². The minimum Gasteiger partial charge on any atom is -0.491 e. The molecule has 0 spiro atoms. The summed E-state index contributed by atoms with van der Waals surface area (Å²) in [5, 5.41) is 10.2. The molecule has 1 atom stereocenters. The van der Waals surface area contributed by atoms with Crippen LogP contribution in [0.25, 0.3) is 10.4 Å². The number of ether oxygens (including phenoxy) is 1. The number of hydrogen-bond acceptors (Lipinski definition) is 5. The lowest BCUT2D eigenvalue weighted by atomic mass is 9.97. The SMILES string of the molecule is CC(C)Oc1cccc(-c2ccc(C(=O)NCC3CCCN(Cc4cccc(C(F)(F)F)c4)C3)s2)c1.O=C(O)C(F)(F)F. The van der Waals surface area contributed by atoms with Gasteiger partial charge in [-0.3, -0.25) is 9.69 Å². The van der Waals surface area contributed by atoms with Crippen molar-refractivity contribution in [3.63, 3.8) is 0 Å². The number of piperidine rings is 1. The molecule has 2 aromatic carbocycles. The molecule has 6 nitrogen and oxygen atoms in total. The number of aliphatic carboxylic acids is 1. The second-order valence-electron chi connectivity index (χ2n) is 10.3. The van der Waals surface area contributed by atoms with Gasteiger partial charge in [-0.1, -0.05) is 30.3 Å². The first-order chi connectivity index (χ1) is 20.1. The average Bonchev–Trinajstić information content (AvgIpc) is 3.42. The third-order valence-electron chi connectivity index (χ3n) is 6.38. The van der Waals surface area contributed by atoms with Gasteiger partial charge in [-0.25, -0.2) is 4.79 Å². The Bertz CT molecular complexity index is 1370. The molecular weight excluding hydrogens is 598 g/mol. The molecule has 2 heterocycles. The Balaban J connectivity index is 0.000000646. The van der Waals surface area contributed by atoms with Crippen LogP contribution in [0.5, 0.6) is 5.75 Å². The fourth-order valence-corrected chi connectivity index (χ4v) is 5.42. The highest BCUT2D eigenvalue weighted by molar-refractivity contribution is 7.17. The summed E-state index contributed by atoms with van der Waals surface area (Å²) in [6, 6.07) is 17.2. The lowest BCUT2D eigenvalue weighted by Crippen LogP contribution is -2.40. The number of amides is 1. The lowest BCUT2D eigenvalue weighted by molar-refractivity contribution is -0.192. The summed E-state index contributed by atoms with van der Waals surface area (Å²) in [6.07, 6.45) is -7.39. The van der Waals surface area contributed by atoms with E-state index in [2.05, 4.69) is 10.2 Å². The highest BCUT2D eigenvalue weighted by Crippen LogP contribution is 2.32. The molecule has 1 aliphatic heterocycles. The summed E-state index contributed by atoms with van der Waals surface area (Å²) in [6.45, 7) is 6.57. The standard InChI is InChI=1S/C28H31F3N2O2S.C2HF3O2/c1-19(2)35-24-10-4-8-22(15-24)25-11-12-26(36-25)27(34)32-16-21-7-5-13-33(18-21)17-20-6-3-9-23(14-20)28(29,30)31;3-2(4,5)1(6)7/h3-4,6,8-12,14-15,19,21H,5,7,13,16-18H2,1-2H3,(H,32,34);(H,6,7). The number of rotatable bonds is 8. The molecule has 2 N–H and O–H groups in total. The number of benzene rings is 2. The number of nitrogens with one attached hydrogen (secondary N) is 1. The summed E-state index contributed by atoms with van der Waals surface area (Å²) in [5.74, 6) is -1.80. The van der Waals surface area contributed by atoms with Crippen molar-refractivity contribution in [1.29, 1.82) is 0 Å². The molecule has 0 bridgehead atoms. The zero-order chi connectivity index (χ0) is 31.8. The van der Waals surface area contributed by atoms with Crippen LogP contribution in [0.1, 0.15) is 47.5 Å². The molecule has 13 heteroatoms. The Morgan fingerprint density at radius 1 is 1.05 bits per heavy atom. The fraction of sp³-hybridized carbons (Fsp3) is 0.400. The first kappa shape index (κ1) is 33.9. The Morgan fingerprint density at radius 2 is 1.74 bits per heavy atom. The molecule has 1 unspecified atom stereocenters. The molecule has 1 saturated heterocycles. The van der Waals surface area contributed by atoms with Crippen molar-refractivity contribution in [2.45, 2.75) is 51.7 Å².